The molecule has 1 saturated carbocycles. The zero-order chi connectivity index (χ0) is 16.2. The Morgan fingerprint density at radius 2 is 1.91 bits per heavy atom. The maximum atomic E-state index is 11.9. The maximum absolute atomic E-state index is 11.9. The Hall–Kier alpha value is -2.28. The van der Waals surface area contributed by atoms with Crippen molar-refractivity contribution in [2.24, 2.45) is 11.8 Å². The van der Waals surface area contributed by atoms with Crippen LogP contribution in [0.4, 0.5) is 0 Å². The number of hydrogen-bond donors (Lipinski definition) is 0. The molecule has 2 aromatic heterocycles. The lowest BCUT2D eigenvalue weighted by atomic mass is 9.75. The smallest absolute Gasteiger partial charge is 0.309 e. The van der Waals surface area contributed by atoms with Gasteiger partial charge in [0, 0.05) is 23.3 Å². The number of aromatic nitrogens is 2. The van der Waals surface area contributed by atoms with Gasteiger partial charge in [-0.1, -0.05) is 0 Å². The Bertz CT molecular complexity index is 695. The highest BCUT2D eigenvalue weighted by Gasteiger charge is 2.40. The molecule has 0 spiro atoms. The van der Waals surface area contributed by atoms with Gasteiger partial charge in [0.25, 0.3) is 0 Å². The van der Waals surface area contributed by atoms with Crippen LogP contribution in [-0.2, 0) is 25.7 Å². The van der Waals surface area contributed by atoms with Crippen LogP contribution in [0.2, 0.25) is 0 Å². The second-order valence-electron chi connectivity index (χ2n) is 5.38. The quantitative estimate of drug-likeness (QED) is 0.783. The number of esters is 2. The molecule has 0 aliphatic heterocycles. The molecule has 0 saturated heterocycles. The summed E-state index contributed by atoms with van der Waals surface area (Å²) in [5, 5.41) is 2.74. The van der Waals surface area contributed by atoms with Crippen molar-refractivity contribution in [2.75, 3.05) is 7.11 Å². The van der Waals surface area contributed by atoms with Crippen LogP contribution in [0.1, 0.15) is 18.5 Å². The number of hydrogen-bond acceptors (Lipinski definition) is 7. The minimum absolute atomic E-state index is 0.153. The molecule has 0 aromatic carbocycles. The van der Waals surface area contributed by atoms with E-state index in [2.05, 4.69) is 14.7 Å². The Balaban J connectivity index is 1.49. The third-order valence-corrected chi connectivity index (χ3v) is 4.79. The van der Waals surface area contributed by atoms with E-state index in [0.717, 1.165) is 16.3 Å². The van der Waals surface area contributed by atoms with Crippen LogP contribution in [0.5, 0.6) is 0 Å². The van der Waals surface area contributed by atoms with Crippen molar-refractivity contribution in [1.29, 1.82) is 0 Å². The van der Waals surface area contributed by atoms with Crippen molar-refractivity contribution < 1.29 is 19.1 Å². The standard InChI is InChI=1S/C16H16N2O4S/c1-21-15(19)11-6-12(7-11)16(20)22-8-13-9-23-14(18-13)10-2-4-17-5-3-10/h2-5,9,11-12H,6-8H2,1H3. The minimum Gasteiger partial charge on any atom is -0.469 e. The molecule has 23 heavy (non-hydrogen) atoms. The fourth-order valence-corrected chi connectivity index (χ4v) is 3.24. The lowest BCUT2D eigenvalue weighted by Gasteiger charge is -2.31. The number of carbonyl (C=O) groups excluding carboxylic acids is 2. The second kappa shape index (κ2) is 6.87. The van der Waals surface area contributed by atoms with Crippen molar-refractivity contribution in [2.45, 2.75) is 19.4 Å². The van der Waals surface area contributed by atoms with Crippen LogP contribution in [0, 0.1) is 11.8 Å². The molecule has 0 amide bonds. The van der Waals surface area contributed by atoms with Gasteiger partial charge in [0.15, 0.2) is 0 Å². The topological polar surface area (TPSA) is 78.4 Å². The number of carbonyl (C=O) groups is 2. The molecule has 1 aliphatic rings. The summed E-state index contributed by atoms with van der Waals surface area (Å²) >= 11 is 1.50. The molecule has 0 atom stereocenters. The van der Waals surface area contributed by atoms with E-state index in [1.54, 1.807) is 12.4 Å². The molecular weight excluding hydrogens is 316 g/mol. The Kier molecular flexibility index (Phi) is 4.66. The number of methoxy groups -OCH3 is 1. The molecule has 3 rings (SSSR count). The average molecular weight is 332 g/mol. The van der Waals surface area contributed by atoms with Gasteiger partial charge >= 0.3 is 11.9 Å². The van der Waals surface area contributed by atoms with Gasteiger partial charge in [-0.2, -0.15) is 0 Å². The summed E-state index contributed by atoms with van der Waals surface area (Å²) < 4.78 is 9.94. The van der Waals surface area contributed by atoms with Gasteiger partial charge in [-0.25, -0.2) is 4.98 Å². The SMILES string of the molecule is COC(=O)C1CC(C(=O)OCc2csc(-c3ccncc3)n2)C1. The summed E-state index contributed by atoms with van der Waals surface area (Å²) in [4.78, 5) is 31.6. The highest BCUT2D eigenvalue weighted by Crippen LogP contribution is 2.35. The molecular formula is C16H16N2O4S. The van der Waals surface area contributed by atoms with E-state index in [1.165, 1.54) is 18.4 Å². The first kappa shape index (κ1) is 15.6. The lowest BCUT2D eigenvalue weighted by molar-refractivity contribution is -0.161. The van der Waals surface area contributed by atoms with Gasteiger partial charge < -0.3 is 9.47 Å². The monoisotopic (exact) mass is 332 g/mol. The predicted molar refractivity (Wildman–Crippen MR) is 83.4 cm³/mol. The van der Waals surface area contributed by atoms with Crippen molar-refractivity contribution in [3.05, 3.63) is 35.6 Å². The molecule has 0 N–H and O–H groups in total. The summed E-state index contributed by atoms with van der Waals surface area (Å²) in [7, 11) is 1.36. The van der Waals surface area contributed by atoms with Gasteiger partial charge in [0.2, 0.25) is 0 Å². The Labute approximate surface area is 137 Å². The van der Waals surface area contributed by atoms with E-state index in [9.17, 15) is 9.59 Å². The van der Waals surface area contributed by atoms with Crippen LogP contribution < -0.4 is 0 Å². The van der Waals surface area contributed by atoms with Crippen LogP contribution in [0.15, 0.2) is 29.9 Å². The zero-order valence-corrected chi connectivity index (χ0v) is 13.4. The Morgan fingerprint density at radius 3 is 2.61 bits per heavy atom. The minimum atomic E-state index is -0.274. The fourth-order valence-electron chi connectivity index (χ4n) is 2.43. The maximum Gasteiger partial charge on any atom is 0.309 e. The first-order valence-corrected chi connectivity index (χ1v) is 8.14. The van der Waals surface area contributed by atoms with Crippen LogP contribution in [0.25, 0.3) is 10.6 Å². The molecule has 2 heterocycles. The normalized spacial score (nSPS) is 19.7. The van der Waals surface area contributed by atoms with Crippen molar-refractivity contribution in [1.82, 2.24) is 9.97 Å². The van der Waals surface area contributed by atoms with E-state index >= 15 is 0 Å². The molecule has 120 valence electrons. The predicted octanol–water partition coefficient (Wildman–Crippen LogP) is 2.45. The summed E-state index contributed by atoms with van der Waals surface area (Å²) in [6.07, 6.45) is 4.44. The van der Waals surface area contributed by atoms with Crippen LogP contribution in [0.3, 0.4) is 0 Å². The second-order valence-corrected chi connectivity index (χ2v) is 6.23. The highest BCUT2D eigenvalue weighted by molar-refractivity contribution is 7.13. The van der Waals surface area contributed by atoms with Crippen LogP contribution in [-0.4, -0.2) is 29.0 Å². The van der Waals surface area contributed by atoms with Gasteiger partial charge in [0.05, 0.1) is 24.6 Å². The van der Waals surface area contributed by atoms with E-state index in [-0.39, 0.29) is 30.4 Å². The van der Waals surface area contributed by atoms with E-state index in [1.807, 2.05) is 17.5 Å². The van der Waals surface area contributed by atoms with Gasteiger partial charge in [-0.05, 0) is 25.0 Å². The number of rotatable bonds is 5. The first-order chi connectivity index (χ1) is 11.2. The number of nitrogens with zero attached hydrogens (tertiary/aromatic N) is 2. The van der Waals surface area contributed by atoms with Crippen molar-refractivity contribution in [3.63, 3.8) is 0 Å². The van der Waals surface area contributed by atoms with E-state index < -0.39 is 0 Å². The lowest BCUT2D eigenvalue weighted by Crippen LogP contribution is -2.36. The summed E-state index contributed by atoms with van der Waals surface area (Å²) in [5.41, 5.74) is 1.71. The van der Waals surface area contributed by atoms with Crippen molar-refractivity contribution in [3.8, 4) is 10.6 Å². The fraction of sp³-hybridized carbons (Fsp3) is 0.375. The molecule has 0 bridgehead atoms. The number of thiazole rings is 1. The average Bonchev–Trinajstić information content (AvgIpc) is 3.01. The van der Waals surface area contributed by atoms with Gasteiger partial charge in [-0.15, -0.1) is 11.3 Å². The molecule has 0 radical (unpaired) electrons. The van der Waals surface area contributed by atoms with Crippen LogP contribution >= 0.6 is 11.3 Å². The highest BCUT2D eigenvalue weighted by atomic mass is 32.1. The third-order valence-electron chi connectivity index (χ3n) is 3.85. The first-order valence-electron chi connectivity index (χ1n) is 7.26. The molecule has 0 unspecified atom stereocenters. The molecule has 6 nitrogen and oxygen atoms in total. The molecule has 1 fully saturated rings. The largest absolute Gasteiger partial charge is 0.469 e. The van der Waals surface area contributed by atoms with E-state index in [0.29, 0.717) is 12.8 Å². The summed E-state index contributed by atoms with van der Waals surface area (Å²) in [5.74, 6) is -0.910. The summed E-state index contributed by atoms with van der Waals surface area (Å²) in [6.45, 7) is 0.153. The molecule has 7 heteroatoms. The Morgan fingerprint density at radius 1 is 1.22 bits per heavy atom. The third kappa shape index (κ3) is 3.56. The number of ether oxygens (including phenoxy) is 2. The molecule has 1 aliphatic carbocycles. The van der Waals surface area contributed by atoms with Gasteiger partial charge in [-0.3, -0.25) is 14.6 Å². The number of pyridine rings is 1. The zero-order valence-electron chi connectivity index (χ0n) is 12.6. The summed E-state index contributed by atoms with van der Waals surface area (Å²) in [6, 6.07) is 3.77. The van der Waals surface area contributed by atoms with Gasteiger partial charge in [0.1, 0.15) is 11.6 Å². The van der Waals surface area contributed by atoms with E-state index in [4.69, 9.17) is 4.74 Å². The van der Waals surface area contributed by atoms with Crippen molar-refractivity contribution >= 4 is 23.3 Å². The molecule has 2 aromatic rings.